The van der Waals surface area contributed by atoms with Gasteiger partial charge in [-0.2, -0.15) is 0 Å². The van der Waals surface area contributed by atoms with Gasteiger partial charge in [-0.3, -0.25) is 4.79 Å². The van der Waals surface area contributed by atoms with Crippen molar-refractivity contribution in [3.05, 3.63) is 23.2 Å². The minimum absolute atomic E-state index is 0.0247. The van der Waals surface area contributed by atoms with Crippen molar-refractivity contribution >= 4 is 23.2 Å². The summed E-state index contributed by atoms with van der Waals surface area (Å²) in [4.78, 5) is 14.0. The Labute approximate surface area is 111 Å². The van der Waals surface area contributed by atoms with Crippen LogP contribution in [0.4, 0.5) is 5.69 Å². The molecule has 3 rings (SSSR count). The van der Waals surface area contributed by atoms with E-state index in [0.717, 1.165) is 37.4 Å². The Kier molecular flexibility index (Phi) is 3.14. The van der Waals surface area contributed by atoms with Gasteiger partial charge in [0.2, 0.25) is 0 Å². The lowest BCUT2D eigenvalue weighted by atomic mass is 10.0. The van der Waals surface area contributed by atoms with Crippen LogP contribution in [0.2, 0.25) is 5.02 Å². The van der Waals surface area contributed by atoms with Crippen molar-refractivity contribution in [1.29, 1.82) is 0 Å². The Balaban J connectivity index is 1.97. The minimum Gasteiger partial charge on any atom is -0.482 e. The van der Waals surface area contributed by atoms with Crippen molar-refractivity contribution in [3.63, 3.8) is 0 Å². The summed E-state index contributed by atoms with van der Waals surface area (Å²) < 4.78 is 5.45. The molecule has 5 heteroatoms. The van der Waals surface area contributed by atoms with Crippen LogP contribution < -0.4 is 15.0 Å². The Morgan fingerprint density at radius 1 is 1.33 bits per heavy atom. The monoisotopic (exact) mass is 266 g/mol. The fourth-order valence-electron chi connectivity index (χ4n) is 2.61. The molecule has 18 heavy (non-hydrogen) atoms. The summed E-state index contributed by atoms with van der Waals surface area (Å²) in [6.07, 6.45) is 1.94. The molecule has 0 aliphatic carbocycles. The molecule has 0 aromatic heterocycles. The third kappa shape index (κ3) is 2.06. The van der Waals surface area contributed by atoms with Crippen LogP contribution in [0.1, 0.15) is 12.8 Å². The van der Waals surface area contributed by atoms with E-state index in [0.29, 0.717) is 5.02 Å². The van der Waals surface area contributed by atoms with Gasteiger partial charge >= 0.3 is 0 Å². The van der Waals surface area contributed by atoms with Crippen LogP contribution in [0.25, 0.3) is 0 Å². The summed E-state index contributed by atoms with van der Waals surface area (Å²) in [6.45, 7) is 2.02. The van der Waals surface area contributed by atoms with E-state index in [-0.39, 0.29) is 18.6 Å². The third-order valence-corrected chi connectivity index (χ3v) is 3.71. The number of ether oxygens (including phenoxy) is 1. The molecule has 1 N–H and O–H groups in total. The normalized spacial score (nSPS) is 20.5. The van der Waals surface area contributed by atoms with Gasteiger partial charge in [-0.1, -0.05) is 11.6 Å². The molecule has 1 aromatic carbocycles. The zero-order valence-corrected chi connectivity index (χ0v) is 10.7. The average Bonchev–Trinajstić information content (AvgIpc) is 2.39. The van der Waals surface area contributed by atoms with E-state index in [4.69, 9.17) is 16.3 Å². The number of nitrogens with zero attached hydrogens (tertiary/aromatic N) is 1. The second-order valence-electron chi connectivity index (χ2n) is 4.65. The smallest absolute Gasteiger partial charge is 0.265 e. The average molecular weight is 267 g/mol. The van der Waals surface area contributed by atoms with Crippen molar-refractivity contribution in [2.24, 2.45) is 0 Å². The predicted octanol–water partition coefficient (Wildman–Crippen LogP) is 1.82. The van der Waals surface area contributed by atoms with E-state index in [1.54, 1.807) is 6.07 Å². The highest BCUT2D eigenvalue weighted by molar-refractivity contribution is 6.31. The Bertz CT molecular complexity index is 472. The van der Waals surface area contributed by atoms with Crippen molar-refractivity contribution in [2.45, 2.75) is 18.9 Å². The number of piperidine rings is 1. The number of hydrogen-bond donors (Lipinski definition) is 1. The molecule has 1 amide bonds. The first-order chi connectivity index (χ1) is 8.75. The molecule has 96 valence electrons. The van der Waals surface area contributed by atoms with E-state index in [2.05, 4.69) is 5.32 Å². The second kappa shape index (κ2) is 4.78. The first-order valence-electron chi connectivity index (χ1n) is 6.21. The largest absolute Gasteiger partial charge is 0.482 e. The number of halogens is 1. The van der Waals surface area contributed by atoms with Crippen molar-refractivity contribution < 1.29 is 9.53 Å². The number of amides is 1. The molecule has 0 bridgehead atoms. The van der Waals surface area contributed by atoms with Crippen molar-refractivity contribution in [3.8, 4) is 5.75 Å². The molecule has 0 atom stereocenters. The number of hydrogen-bond acceptors (Lipinski definition) is 3. The number of carbonyl (C=O) groups is 1. The van der Waals surface area contributed by atoms with Gasteiger partial charge in [0, 0.05) is 11.1 Å². The molecule has 0 spiro atoms. The molecule has 2 aliphatic rings. The van der Waals surface area contributed by atoms with Gasteiger partial charge in [0.1, 0.15) is 5.75 Å². The van der Waals surface area contributed by atoms with E-state index in [1.165, 1.54) is 0 Å². The lowest BCUT2D eigenvalue weighted by Crippen LogP contribution is -2.49. The number of benzene rings is 1. The van der Waals surface area contributed by atoms with Gasteiger partial charge < -0.3 is 15.0 Å². The molecule has 2 aliphatic heterocycles. The number of anilines is 1. The maximum absolute atomic E-state index is 12.1. The highest BCUT2D eigenvalue weighted by Gasteiger charge is 2.32. The summed E-state index contributed by atoms with van der Waals surface area (Å²) in [5.41, 5.74) is 0.811. The summed E-state index contributed by atoms with van der Waals surface area (Å²) >= 11 is 6.02. The second-order valence-corrected chi connectivity index (χ2v) is 5.08. The van der Waals surface area contributed by atoms with Crippen molar-refractivity contribution in [2.75, 3.05) is 24.6 Å². The SMILES string of the molecule is O=C1COc2ccc(Cl)cc2N1C1CCNCC1. The molecule has 0 radical (unpaired) electrons. The first kappa shape index (κ1) is 11.8. The maximum Gasteiger partial charge on any atom is 0.265 e. The molecular weight excluding hydrogens is 252 g/mol. The minimum atomic E-state index is 0.0247. The van der Waals surface area contributed by atoms with Crippen LogP contribution in [0, 0.1) is 0 Å². The van der Waals surface area contributed by atoms with Gasteiger partial charge in [0.25, 0.3) is 5.91 Å². The number of carbonyl (C=O) groups excluding carboxylic acids is 1. The Morgan fingerprint density at radius 2 is 2.11 bits per heavy atom. The quantitative estimate of drug-likeness (QED) is 0.843. The molecule has 1 aromatic rings. The van der Waals surface area contributed by atoms with Crippen LogP contribution in [0.15, 0.2) is 18.2 Å². The van der Waals surface area contributed by atoms with Gasteiger partial charge in [0.15, 0.2) is 6.61 Å². The van der Waals surface area contributed by atoms with E-state index in [9.17, 15) is 4.79 Å². The fraction of sp³-hybridized carbons (Fsp3) is 0.462. The van der Waals surface area contributed by atoms with Crippen LogP contribution in [0.5, 0.6) is 5.75 Å². The zero-order chi connectivity index (χ0) is 12.5. The predicted molar refractivity (Wildman–Crippen MR) is 70.3 cm³/mol. The van der Waals surface area contributed by atoms with E-state index >= 15 is 0 Å². The molecule has 1 fully saturated rings. The number of nitrogens with one attached hydrogen (secondary N) is 1. The highest BCUT2D eigenvalue weighted by atomic mass is 35.5. The zero-order valence-electron chi connectivity index (χ0n) is 9.99. The van der Waals surface area contributed by atoms with Crippen LogP contribution in [-0.2, 0) is 4.79 Å². The van der Waals surface area contributed by atoms with Gasteiger partial charge in [0.05, 0.1) is 5.69 Å². The van der Waals surface area contributed by atoms with Gasteiger partial charge in [-0.25, -0.2) is 0 Å². The Morgan fingerprint density at radius 3 is 2.89 bits per heavy atom. The summed E-state index contributed by atoms with van der Waals surface area (Å²) in [5, 5.41) is 3.94. The number of fused-ring (bicyclic) bond motifs is 1. The van der Waals surface area contributed by atoms with E-state index < -0.39 is 0 Å². The summed E-state index contributed by atoms with van der Waals surface area (Å²) in [7, 11) is 0. The van der Waals surface area contributed by atoms with E-state index in [1.807, 2.05) is 17.0 Å². The van der Waals surface area contributed by atoms with Crippen LogP contribution in [-0.4, -0.2) is 31.6 Å². The lowest BCUT2D eigenvalue weighted by Gasteiger charge is -2.38. The molecule has 1 saturated heterocycles. The third-order valence-electron chi connectivity index (χ3n) is 3.47. The molecular formula is C13H15ClN2O2. The topological polar surface area (TPSA) is 41.6 Å². The summed E-state index contributed by atoms with van der Waals surface area (Å²) in [6, 6.07) is 5.69. The highest BCUT2D eigenvalue weighted by Crippen LogP contribution is 2.36. The molecule has 0 unspecified atom stereocenters. The standard InChI is InChI=1S/C13H15ClN2O2/c14-9-1-2-12-11(7-9)16(13(17)8-18-12)10-3-5-15-6-4-10/h1-2,7,10,15H,3-6,8H2. The molecule has 4 nitrogen and oxygen atoms in total. The first-order valence-corrected chi connectivity index (χ1v) is 6.58. The maximum atomic E-state index is 12.1. The summed E-state index contributed by atoms with van der Waals surface area (Å²) in [5.74, 6) is 0.772. The lowest BCUT2D eigenvalue weighted by molar-refractivity contribution is -0.121. The van der Waals surface area contributed by atoms with Crippen LogP contribution >= 0.6 is 11.6 Å². The number of rotatable bonds is 1. The molecule has 0 saturated carbocycles. The van der Waals surface area contributed by atoms with Gasteiger partial charge in [-0.05, 0) is 44.1 Å². The van der Waals surface area contributed by atoms with Gasteiger partial charge in [-0.15, -0.1) is 0 Å². The Hall–Kier alpha value is -1.26. The fourth-order valence-corrected chi connectivity index (χ4v) is 2.78. The molecule has 2 heterocycles. The van der Waals surface area contributed by atoms with Crippen molar-refractivity contribution in [1.82, 2.24) is 5.32 Å². The van der Waals surface area contributed by atoms with Crippen LogP contribution in [0.3, 0.4) is 0 Å².